The lowest BCUT2D eigenvalue weighted by atomic mass is 10.2. The predicted octanol–water partition coefficient (Wildman–Crippen LogP) is 3.69. The molecule has 0 spiro atoms. The molecule has 0 aliphatic carbocycles. The summed E-state index contributed by atoms with van der Waals surface area (Å²) in [5, 5.41) is 9.76. The van der Waals surface area contributed by atoms with Crippen molar-refractivity contribution in [2.45, 2.75) is 6.92 Å². The molecule has 1 heterocycles. The van der Waals surface area contributed by atoms with Crippen LogP contribution in [-0.4, -0.2) is 20.6 Å². The van der Waals surface area contributed by atoms with E-state index in [1.807, 2.05) is 23.6 Å². The van der Waals surface area contributed by atoms with Gasteiger partial charge in [0.2, 0.25) is 0 Å². The fourth-order valence-corrected chi connectivity index (χ4v) is 2.37. The molecule has 0 fully saturated rings. The maximum atomic E-state index is 11.1. The summed E-state index contributed by atoms with van der Waals surface area (Å²) in [5.41, 5.74) is 2.68. The predicted molar refractivity (Wildman–Crippen MR) is 77.8 cm³/mol. The van der Waals surface area contributed by atoms with E-state index in [4.69, 9.17) is 16.7 Å². The standard InChI is InChI=1S/C15H11ClN2O2/c1-9-17-13-7-2-10(15(19)20)8-14(13)18(9)12-5-3-11(16)4-6-12/h2-8H,1H3,(H,19,20). The first-order valence-electron chi connectivity index (χ1n) is 6.04. The molecule has 0 saturated carbocycles. The summed E-state index contributed by atoms with van der Waals surface area (Å²) >= 11 is 5.90. The van der Waals surface area contributed by atoms with Crippen LogP contribution in [0.25, 0.3) is 16.7 Å². The molecule has 0 atom stereocenters. The molecule has 3 rings (SSSR count). The number of carbonyl (C=O) groups is 1. The summed E-state index contributed by atoms with van der Waals surface area (Å²) in [4.78, 5) is 15.5. The van der Waals surface area contributed by atoms with Gasteiger partial charge in [-0.3, -0.25) is 4.57 Å². The highest BCUT2D eigenvalue weighted by Crippen LogP contribution is 2.23. The SMILES string of the molecule is Cc1nc2ccc(C(=O)O)cc2n1-c1ccc(Cl)cc1. The van der Waals surface area contributed by atoms with Crippen molar-refractivity contribution in [3.63, 3.8) is 0 Å². The van der Waals surface area contributed by atoms with Crippen molar-refractivity contribution in [1.82, 2.24) is 9.55 Å². The zero-order valence-electron chi connectivity index (χ0n) is 10.7. The Labute approximate surface area is 120 Å². The summed E-state index contributed by atoms with van der Waals surface area (Å²) in [7, 11) is 0. The summed E-state index contributed by atoms with van der Waals surface area (Å²) in [6, 6.07) is 12.3. The molecule has 0 radical (unpaired) electrons. The highest BCUT2D eigenvalue weighted by molar-refractivity contribution is 6.30. The van der Waals surface area contributed by atoms with Crippen LogP contribution in [0.2, 0.25) is 5.02 Å². The Kier molecular flexibility index (Phi) is 2.95. The molecular weight excluding hydrogens is 276 g/mol. The van der Waals surface area contributed by atoms with E-state index in [0.29, 0.717) is 5.02 Å². The molecule has 1 aromatic heterocycles. The molecule has 0 unspecified atom stereocenters. The first-order valence-corrected chi connectivity index (χ1v) is 6.42. The fraction of sp³-hybridized carbons (Fsp3) is 0.0667. The lowest BCUT2D eigenvalue weighted by molar-refractivity contribution is 0.0697. The summed E-state index contributed by atoms with van der Waals surface area (Å²) in [6.07, 6.45) is 0. The number of rotatable bonds is 2. The Balaban J connectivity index is 2.28. The average Bonchev–Trinajstić information content (AvgIpc) is 2.75. The van der Waals surface area contributed by atoms with Gasteiger partial charge in [0.1, 0.15) is 5.82 Å². The number of carboxylic acids is 1. The molecule has 0 bridgehead atoms. The lowest BCUT2D eigenvalue weighted by Gasteiger charge is -2.07. The highest BCUT2D eigenvalue weighted by atomic mass is 35.5. The summed E-state index contributed by atoms with van der Waals surface area (Å²) in [6.45, 7) is 1.88. The van der Waals surface area contributed by atoms with Crippen molar-refractivity contribution in [3.8, 4) is 5.69 Å². The van der Waals surface area contributed by atoms with Gasteiger partial charge in [-0.2, -0.15) is 0 Å². The number of carboxylic acid groups (broad SMARTS) is 1. The van der Waals surface area contributed by atoms with Crippen molar-refractivity contribution in [2.75, 3.05) is 0 Å². The Morgan fingerprint density at radius 3 is 2.55 bits per heavy atom. The number of halogens is 1. The van der Waals surface area contributed by atoms with E-state index in [1.54, 1.807) is 30.3 Å². The van der Waals surface area contributed by atoms with Gasteiger partial charge in [0.15, 0.2) is 0 Å². The number of benzene rings is 2. The number of aromatic carboxylic acids is 1. The molecule has 3 aromatic rings. The minimum Gasteiger partial charge on any atom is -0.478 e. The molecule has 1 N–H and O–H groups in total. The molecule has 0 amide bonds. The molecule has 0 aliphatic heterocycles. The first kappa shape index (κ1) is 12.7. The Morgan fingerprint density at radius 2 is 1.90 bits per heavy atom. The van der Waals surface area contributed by atoms with Gasteiger partial charge < -0.3 is 5.11 Å². The molecule has 20 heavy (non-hydrogen) atoms. The smallest absolute Gasteiger partial charge is 0.335 e. The van der Waals surface area contributed by atoms with Gasteiger partial charge in [0.25, 0.3) is 0 Å². The summed E-state index contributed by atoms with van der Waals surface area (Å²) < 4.78 is 1.91. The number of hydrogen-bond donors (Lipinski definition) is 1. The van der Waals surface area contributed by atoms with Crippen LogP contribution in [0.15, 0.2) is 42.5 Å². The maximum absolute atomic E-state index is 11.1. The second-order valence-electron chi connectivity index (χ2n) is 4.48. The first-order chi connectivity index (χ1) is 9.56. The third kappa shape index (κ3) is 2.04. The molecule has 4 nitrogen and oxygen atoms in total. The third-order valence-corrected chi connectivity index (χ3v) is 3.41. The zero-order chi connectivity index (χ0) is 14.3. The lowest BCUT2D eigenvalue weighted by Crippen LogP contribution is -1.99. The second kappa shape index (κ2) is 4.65. The minimum absolute atomic E-state index is 0.243. The van der Waals surface area contributed by atoms with E-state index in [2.05, 4.69) is 4.98 Å². The largest absolute Gasteiger partial charge is 0.478 e. The topological polar surface area (TPSA) is 55.1 Å². The van der Waals surface area contributed by atoms with E-state index < -0.39 is 5.97 Å². The zero-order valence-corrected chi connectivity index (χ0v) is 11.4. The highest BCUT2D eigenvalue weighted by Gasteiger charge is 2.12. The van der Waals surface area contributed by atoms with Crippen LogP contribution in [-0.2, 0) is 0 Å². The number of aromatic nitrogens is 2. The molecule has 0 aliphatic rings. The van der Waals surface area contributed by atoms with Gasteiger partial charge in [-0.25, -0.2) is 9.78 Å². The van der Waals surface area contributed by atoms with Crippen LogP contribution in [0.1, 0.15) is 16.2 Å². The Hall–Kier alpha value is -2.33. The average molecular weight is 287 g/mol. The van der Waals surface area contributed by atoms with Crippen molar-refractivity contribution >= 4 is 28.6 Å². The van der Waals surface area contributed by atoms with Crippen molar-refractivity contribution in [2.24, 2.45) is 0 Å². The van der Waals surface area contributed by atoms with Crippen LogP contribution in [0.4, 0.5) is 0 Å². The second-order valence-corrected chi connectivity index (χ2v) is 4.92. The third-order valence-electron chi connectivity index (χ3n) is 3.15. The Bertz CT molecular complexity index is 807. The van der Waals surface area contributed by atoms with E-state index in [9.17, 15) is 4.79 Å². The minimum atomic E-state index is -0.951. The number of nitrogens with zero attached hydrogens (tertiary/aromatic N) is 2. The van der Waals surface area contributed by atoms with Crippen molar-refractivity contribution in [1.29, 1.82) is 0 Å². The van der Waals surface area contributed by atoms with Gasteiger partial charge in [-0.1, -0.05) is 11.6 Å². The number of aryl methyl sites for hydroxylation is 1. The number of imidazole rings is 1. The van der Waals surface area contributed by atoms with Crippen LogP contribution in [0, 0.1) is 6.92 Å². The van der Waals surface area contributed by atoms with Crippen molar-refractivity contribution in [3.05, 3.63) is 58.9 Å². The van der Waals surface area contributed by atoms with E-state index >= 15 is 0 Å². The molecule has 0 saturated heterocycles. The molecule has 2 aromatic carbocycles. The van der Waals surface area contributed by atoms with Crippen molar-refractivity contribution < 1.29 is 9.90 Å². The van der Waals surface area contributed by atoms with Gasteiger partial charge in [0.05, 0.1) is 16.6 Å². The van der Waals surface area contributed by atoms with Gasteiger partial charge in [0, 0.05) is 10.7 Å². The van der Waals surface area contributed by atoms with Gasteiger partial charge in [-0.15, -0.1) is 0 Å². The van der Waals surface area contributed by atoms with Crippen LogP contribution in [0.5, 0.6) is 0 Å². The normalized spacial score (nSPS) is 10.9. The van der Waals surface area contributed by atoms with E-state index in [0.717, 1.165) is 22.5 Å². The fourth-order valence-electron chi connectivity index (χ4n) is 2.24. The van der Waals surface area contributed by atoms with Crippen LogP contribution in [0.3, 0.4) is 0 Å². The van der Waals surface area contributed by atoms with Gasteiger partial charge in [-0.05, 0) is 49.4 Å². The van der Waals surface area contributed by atoms with E-state index in [1.165, 1.54) is 0 Å². The molecule has 5 heteroatoms. The monoisotopic (exact) mass is 286 g/mol. The molecular formula is C15H11ClN2O2. The quantitative estimate of drug-likeness (QED) is 0.782. The summed E-state index contributed by atoms with van der Waals surface area (Å²) in [5.74, 6) is -0.154. The number of fused-ring (bicyclic) bond motifs is 1. The molecule has 100 valence electrons. The van der Waals surface area contributed by atoms with Gasteiger partial charge >= 0.3 is 5.97 Å². The van der Waals surface area contributed by atoms with E-state index in [-0.39, 0.29) is 5.56 Å². The maximum Gasteiger partial charge on any atom is 0.335 e. The number of hydrogen-bond acceptors (Lipinski definition) is 2. The Morgan fingerprint density at radius 1 is 1.20 bits per heavy atom. The van der Waals surface area contributed by atoms with Crippen LogP contribution < -0.4 is 0 Å². The van der Waals surface area contributed by atoms with Crippen LogP contribution >= 0.6 is 11.6 Å².